The summed E-state index contributed by atoms with van der Waals surface area (Å²) in [5.41, 5.74) is 1.93. The topological polar surface area (TPSA) is 75.6 Å². The van der Waals surface area contributed by atoms with Gasteiger partial charge in [-0.1, -0.05) is 60.7 Å². The van der Waals surface area contributed by atoms with E-state index in [4.69, 9.17) is 4.74 Å². The number of hydrogen-bond donors (Lipinski definition) is 2. The third kappa shape index (κ3) is 5.17. The Kier molecular flexibility index (Phi) is 6.60. The van der Waals surface area contributed by atoms with Gasteiger partial charge in [-0.3, -0.25) is 9.59 Å². The Morgan fingerprint density at radius 1 is 1.07 bits per heavy atom. The number of ether oxygens (including phenoxy) is 1. The summed E-state index contributed by atoms with van der Waals surface area (Å²) in [4.78, 5) is 24.4. The molecule has 2 N–H and O–H groups in total. The van der Waals surface area contributed by atoms with E-state index in [0.717, 1.165) is 24.0 Å². The molecular weight excluding hydrogens is 342 g/mol. The van der Waals surface area contributed by atoms with Crippen molar-refractivity contribution in [2.45, 2.75) is 25.4 Å². The van der Waals surface area contributed by atoms with Crippen LogP contribution >= 0.6 is 0 Å². The molecule has 3 atom stereocenters. The summed E-state index contributed by atoms with van der Waals surface area (Å²) in [5.74, 6) is -2.00. The smallest absolute Gasteiger partial charge is 0.308 e. The van der Waals surface area contributed by atoms with Crippen molar-refractivity contribution in [3.05, 3.63) is 71.8 Å². The van der Waals surface area contributed by atoms with E-state index in [9.17, 15) is 14.7 Å². The van der Waals surface area contributed by atoms with Gasteiger partial charge in [0.15, 0.2) is 0 Å². The van der Waals surface area contributed by atoms with E-state index in [1.165, 1.54) is 0 Å². The van der Waals surface area contributed by atoms with Gasteiger partial charge in [-0.15, -0.1) is 0 Å². The van der Waals surface area contributed by atoms with Crippen molar-refractivity contribution in [1.29, 1.82) is 0 Å². The number of carbonyl (C=O) groups is 2. The normalized spacial score (nSPS) is 20.6. The summed E-state index contributed by atoms with van der Waals surface area (Å²) in [6.07, 6.45) is 1.67. The minimum atomic E-state index is -0.904. The molecule has 2 aromatic rings. The Labute approximate surface area is 159 Å². The minimum absolute atomic E-state index is 0.112. The van der Waals surface area contributed by atoms with Crippen molar-refractivity contribution in [3.8, 4) is 0 Å². The molecule has 3 rings (SSSR count). The molecule has 0 aliphatic carbocycles. The van der Waals surface area contributed by atoms with E-state index in [1.54, 1.807) is 0 Å². The van der Waals surface area contributed by atoms with Gasteiger partial charge in [0.2, 0.25) is 5.91 Å². The second-order valence-corrected chi connectivity index (χ2v) is 6.92. The standard InChI is InChI=1S/C22H25NO4/c24-21(19-12-7-13-27-20(19)17-10-5-2-6-11-17)23-15-18(22(25)26)14-16-8-3-1-4-9-16/h1-6,8-11,18-20H,7,12-15H2,(H,23,24)(H,25,26). The predicted octanol–water partition coefficient (Wildman–Crippen LogP) is 3.21. The van der Waals surface area contributed by atoms with Crippen LogP contribution in [0.1, 0.15) is 30.1 Å². The van der Waals surface area contributed by atoms with Crippen molar-refractivity contribution in [1.82, 2.24) is 5.32 Å². The maximum absolute atomic E-state index is 12.8. The molecule has 2 aromatic carbocycles. The van der Waals surface area contributed by atoms with Gasteiger partial charge in [-0.2, -0.15) is 0 Å². The number of aliphatic carboxylic acids is 1. The monoisotopic (exact) mass is 367 g/mol. The van der Waals surface area contributed by atoms with Crippen LogP contribution in [0.25, 0.3) is 0 Å². The Hall–Kier alpha value is -2.66. The van der Waals surface area contributed by atoms with E-state index >= 15 is 0 Å². The van der Waals surface area contributed by atoms with Crippen LogP contribution in [0.2, 0.25) is 0 Å². The molecule has 0 radical (unpaired) electrons. The number of carboxylic acids is 1. The molecule has 5 nitrogen and oxygen atoms in total. The highest BCUT2D eigenvalue weighted by molar-refractivity contribution is 5.80. The number of rotatable bonds is 7. The molecule has 1 aliphatic rings. The highest BCUT2D eigenvalue weighted by atomic mass is 16.5. The van der Waals surface area contributed by atoms with E-state index in [2.05, 4.69) is 5.32 Å². The molecule has 0 spiro atoms. The van der Waals surface area contributed by atoms with E-state index in [0.29, 0.717) is 13.0 Å². The number of hydrogen-bond acceptors (Lipinski definition) is 3. The largest absolute Gasteiger partial charge is 0.481 e. The Morgan fingerprint density at radius 2 is 1.74 bits per heavy atom. The molecule has 3 unspecified atom stereocenters. The van der Waals surface area contributed by atoms with E-state index < -0.39 is 11.9 Å². The fourth-order valence-electron chi connectivity index (χ4n) is 3.52. The predicted molar refractivity (Wildman–Crippen MR) is 102 cm³/mol. The van der Waals surface area contributed by atoms with Gasteiger partial charge >= 0.3 is 5.97 Å². The Morgan fingerprint density at radius 3 is 2.41 bits per heavy atom. The van der Waals surface area contributed by atoms with Gasteiger partial charge in [-0.25, -0.2) is 0 Å². The molecule has 0 aromatic heterocycles. The van der Waals surface area contributed by atoms with Crippen LogP contribution in [0.15, 0.2) is 60.7 Å². The van der Waals surface area contributed by atoms with Gasteiger partial charge in [-0.05, 0) is 30.4 Å². The van der Waals surface area contributed by atoms with Gasteiger partial charge in [0.25, 0.3) is 0 Å². The lowest BCUT2D eigenvalue weighted by atomic mass is 9.88. The first-order valence-electron chi connectivity index (χ1n) is 9.36. The molecular formula is C22H25NO4. The molecule has 0 saturated carbocycles. The zero-order valence-corrected chi connectivity index (χ0v) is 15.2. The van der Waals surface area contributed by atoms with Crippen LogP contribution in [0.5, 0.6) is 0 Å². The Balaban J connectivity index is 1.63. The highest BCUT2D eigenvalue weighted by Crippen LogP contribution is 2.33. The average Bonchev–Trinajstić information content (AvgIpc) is 2.72. The molecule has 1 aliphatic heterocycles. The maximum Gasteiger partial charge on any atom is 0.308 e. The van der Waals surface area contributed by atoms with Crippen LogP contribution in [0, 0.1) is 11.8 Å². The van der Waals surface area contributed by atoms with Crippen molar-refractivity contribution in [2.75, 3.05) is 13.2 Å². The summed E-state index contributed by atoms with van der Waals surface area (Å²) in [6, 6.07) is 19.2. The van der Waals surface area contributed by atoms with Gasteiger partial charge in [0.05, 0.1) is 17.9 Å². The third-order valence-corrected chi connectivity index (χ3v) is 4.98. The molecule has 1 saturated heterocycles. The van der Waals surface area contributed by atoms with E-state index in [-0.39, 0.29) is 24.5 Å². The maximum atomic E-state index is 12.8. The first-order valence-corrected chi connectivity index (χ1v) is 9.36. The van der Waals surface area contributed by atoms with Crippen molar-refractivity contribution < 1.29 is 19.4 Å². The summed E-state index contributed by atoms with van der Waals surface area (Å²) in [6.45, 7) is 0.746. The highest BCUT2D eigenvalue weighted by Gasteiger charge is 2.33. The summed E-state index contributed by atoms with van der Waals surface area (Å²) >= 11 is 0. The van der Waals surface area contributed by atoms with Crippen molar-refractivity contribution >= 4 is 11.9 Å². The lowest BCUT2D eigenvalue weighted by Crippen LogP contribution is -2.41. The second kappa shape index (κ2) is 9.33. The molecule has 27 heavy (non-hydrogen) atoms. The second-order valence-electron chi connectivity index (χ2n) is 6.92. The number of carboxylic acid groups (broad SMARTS) is 1. The summed E-state index contributed by atoms with van der Waals surface area (Å²) < 4.78 is 5.87. The number of amides is 1. The first-order chi connectivity index (χ1) is 13.1. The zero-order valence-electron chi connectivity index (χ0n) is 15.2. The third-order valence-electron chi connectivity index (χ3n) is 4.98. The number of carbonyl (C=O) groups excluding carboxylic acids is 1. The summed E-state index contributed by atoms with van der Waals surface area (Å²) in [5, 5.41) is 12.4. The fraction of sp³-hybridized carbons (Fsp3) is 0.364. The molecule has 1 heterocycles. The zero-order chi connectivity index (χ0) is 19.1. The lowest BCUT2D eigenvalue weighted by Gasteiger charge is -2.31. The average molecular weight is 367 g/mol. The quantitative estimate of drug-likeness (QED) is 0.788. The van der Waals surface area contributed by atoms with Crippen LogP contribution in [0.3, 0.4) is 0 Å². The van der Waals surface area contributed by atoms with Gasteiger partial charge in [0, 0.05) is 13.2 Å². The molecule has 142 valence electrons. The molecule has 5 heteroatoms. The van der Waals surface area contributed by atoms with E-state index in [1.807, 2.05) is 60.7 Å². The molecule has 1 fully saturated rings. The van der Waals surface area contributed by atoms with Crippen molar-refractivity contribution in [2.24, 2.45) is 11.8 Å². The first kappa shape index (κ1) is 19.1. The fourth-order valence-corrected chi connectivity index (χ4v) is 3.52. The van der Waals surface area contributed by atoms with Gasteiger partial charge in [0.1, 0.15) is 0 Å². The SMILES string of the molecule is O=C(O)C(CNC(=O)C1CCCOC1c1ccccc1)Cc1ccccc1. The van der Waals surface area contributed by atoms with Crippen LogP contribution < -0.4 is 5.32 Å². The van der Waals surface area contributed by atoms with Crippen LogP contribution in [-0.2, 0) is 20.7 Å². The lowest BCUT2D eigenvalue weighted by molar-refractivity contribution is -0.142. The number of nitrogens with one attached hydrogen (secondary N) is 1. The molecule has 1 amide bonds. The number of benzene rings is 2. The molecule has 0 bridgehead atoms. The Bertz CT molecular complexity index is 747. The summed E-state index contributed by atoms with van der Waals surface area (Å²) in [7, 11) is 0. The van der Waals surface area contributed by atoms with Gasteiger partial charge < -0.3 is 15.2 Å². The minimum Gasteiger partial charge on any atom is -0.481 e. The van der Waals surface area contributed by atoms with Crippen molar-refractivity contribution in [3.63, 3.8) is 0 Å². The van der Waals surface area contributed by atoms with Crippen LogP contribution in [-0.4, -0.2) is 30.1 Å². The van der Waals surface area contributed by atoms with Crippen LogP contribution in [0.4, 0.5) is 0 Å².